The topological polar surface area (TPSA) is 84.7 Å². The number of rotatable bonds is 8. The number of hydrogen-bond acceptors (Lipinski definition) is 5. The first kappa shape index (κ1) is 21.8. The molecule has 0 unspecified atom stereocenters. The second-order valence-corrected chi connectivity index (χ2v) is 7.94. The minimum atomic E-state index is -0.206. The summed E-state index contributed by atoms with van der Waals surface area (Å²) in [5.74, 6) is 1.47. The van der Waals surface area contributed by atoms with Crippen molar-refractivity contribution < 1.29 is 4.79 Å². The van der Waals surface area contributed by atoms with Crippen LogP contribution in [-0.2, 0) is 0 Å². The normalized spacial score (nSPS) is 12.0. The Morgan fingerprint density at radius 3 is 2.56 bits per heavy atom. The quantitative estimate of drug-likeness (QED) is 0.377. The van der Waals surface area contributed by atoms with Crippen molar-refractivity contribution in [1.29, 1.82) is 0 Å². The maximum absolute atomic E-state index is 12.4. The fourth-order valence-electron chi connectivity index (χ4n) is 3.32. The molecule has 4 aromatic rings. The van der Waals surface area contributed by atoms with Crippen LogP contribution in [0.2, 0.25) is 5.02 Å². The highest BCUT2D eigenvalue weighted by Crippen LogP contribution is 2.26. The fraction of sp³-hybridized carbons (Fsp3) is 0.250. The van der Waals surface area contributed by atoms with Gasteiger partial charge in [-0.05, 0) is 30.7 Å². The Bertz CT molecular complexity index is 1220. The molecule has 0 aliphatic rings. The summed E-state index contributed by atoms with van der Waals surface area (Å²) in [6.45, 7) is 5.14. The Labute approximate surface area is 191 Å². The number of hydrogen-bond donors (Lipinski definition) is 2. The van der Waals surface area contributed by atoms with Crippen molar-refractivity contribution in [1.82, 2.24) is 25.1 Å². The maximum atomic E-state index is 12.4. The monoisotopic (exact) mass is 448 g/mol. The minimum Gasteiger partial charge on any atom is -0.368 e. The molecule has 8 heteroatoms. The molecule has 7 nitrogen and oxygen atoms in total. The Morgan fingerprint density at radius 1 is 1.06 bits per heavy atom. The lowest BCUT2D eigenvalue weighted by molar-refractivity contribution is 0.0955. The van der Waals surface area contributed by atoms with Crippen LogP contribution >= 0.6 is 11.6 Å². The SMILES string of the molecule is CC[C@H](C)c1nc(NCCNC(=O)c2ccccc2Cl)c2cnn(-c3ccccc3)c2n1. The van der Waals surface area contributed by atoms with Gasteiger partial charge in [-0.1, -0.05) is 55.8 Å². The molecule has 0 aliphatic carbocycles. The predicted molar refractivity (Wildman–Crippen MR) is 128 cm³/mol. The van der Waals surface area contributed by atoms with E-state index < -0.39 is 0 Å². The molecule has 164 valence electrons. The third-order valence-corrected chi connectivity index (χ3v) is 5.65. The number of nitrogens with zero attached hydrogens (tertiary/aromatic N) is 4. The number of halogens is 1. The van der Waals surface area contributed by atoms with Gasteiger partial charge < -0.3 is 10.6 Å². The molecule has 2 heterocycles. The van der Waals surface area contributed by atoms with Crippen LogP contribution in [0.25, 0.3) is 16.7 Å². The highest BCUT2D eigenvalue weighted by molar-refractivity contribution is 6.33. The summed E-state index contributed by atoms with van der Waals surface area (Å²) in [6, 6.07) is 16.9. The Morgan fingerprint density at radius 2 is 1.81 bits per heavy atom. The minimum absolute atomic E-state index is 0.206. The number of benzene rings is 2. The first-order valence-electron chi connectivity index (χ1n) is 10.7. The van der Waals surface area contributed by atoms with Gasteiger partial charge >= 0.3 is 0 Å². The van der Waals surface area contributed by atoms with Gasteiger partial charge in [0, 0.05) is 19.0 Å². The smallest absolute Gasteiger partial charge is 0.252 e. The van der Waals surface area contributed by atoms with Crippen LogP contribution in [0.15, 0.2) is 60.8 Å². The summed E-state index contributed by atoms with van der Waals surface area (Å²) in [6.07, 6.45) is 2.70. The molecule has 0 bridgehead atoms. The standard InChI is InChI=1S/C24H25ClN6O/c1-3-16(2)21-29-22(26-13-14-27-24(32)18-11-7-8-12-20(18)25)19-15-28-31(23(19)30-21)17-9-5-4-6-10-17/h4-12,15-16H,3,13-14H2,1-2H3,(H,27,32)(H,26,29,30)/t16-/m0/s1. The van der Waals surface area contributed by atoms with E-state index in [9.17, 15) is 4.79 Å². The van der Waals surface area contributed by atoms with Crippen molar-refractivity contribution in [3.63, 3.8) is 0 Å². The Hall–Kier alpha value is -3.45. The van der Waals surface area contributed by atoms with Gasteiger partial charge in [0.1, 0.15) is 11.6 Å². The molecule has 32 heavy (non-hydrogen) atoms. The number of anilines is 1. The molecule has 4 rings (SSSR count). The van der Waals surface area contributed by atoms with E-state index in [-0.39, 0.29) is 11.8 Å². The zero-order valence-electron chi connectivity index (χ0n) is 18.0. The van der Waals surface area contributed by atoms with E-state index in [0.717, 1.165) is 29.0 Å². The van der Waals surface area contributed by atoms with Crippen molar-refractivity contribution in [2.24, 2.45) is 0 Å². The van der Waals surface area contributed by atoms with Crippen molar-refractivity contribution in [2.45, 2.75) is 26.2 Å². The molecule has 2 aromatic heterocycles. The molecular formula is C24H25ClN6O. The molecule has 0 radical (unpaired) electrons. The lowest BCUT2D eigenvalue weighted by Gasteiger charge is -2.13. The van der Waals surface area contributed by atoms with E-state index in [1.54, 1.807) is 30.5 Å². The van der Waals surface area contributed by atoms with Crippen LogP contribution in [0.4, 0.5) is 5.82 Å². The second-order valence-electron chi connectivity index (χ2n) is 7.53. The Balaban J connectivity index is 1.54. The van der Waals surface area contributed by atoms with Crippen LogP contribution < -0.4 is 10.6 Å². The molecule has 0 saturated carbocycles. The van der Waals surface area contributed by atoms with E-state index in [1.165, 1.54) is 0 Å². The average Bonchev–Trinajstić information content (AvgIpc) is 3.26. The summed E-state index contributed by atoms with van der Waals surface area (Å²) in [7, 11) is 0. The van der Waals surface area contributed by atoms with Crippen molar-refractivity contribution in [3.8, 4) is 5.69 Å². The number of amides is 1. The average molecular weight is 449 g/mol. The van der Waals surface area contributed by atoms with E-state index in [4.69, 9.17) is 21.6 Å². The van der Waals surface area contributed by atoms with Crippen molar-refractivity contribution in [2.75, 3.05) is 18.4 Å². The van der Waals surface area contributed by atoms with Crippen LogP contribution in [0.3, 0.4) is 0 Å². The number of nitrogens with one attached hydrogen (secondary N) is 2. The first-order chi connectivity index (χ1) is 15.6. The fourth-order valence-corrected chi connectivity index (χ4v) is 3.54. The number of fused-ring (bicyclic) bond motifs is 1. The molecule has 0 saturated heterocycles. The number of carbonyl (C=O) groups is 1. The van der Waals surface area contributed by atoms with Crippen LogP contribution in [0.1, 0.15) is 42.4 Å². The molecule has 1 amide bonds. The summed E-state index contributed by atoms with van der Waals surface area (Å²) >= 11 is 6.10. The highest BCUT2D eigenvalue weighted by Gasteiger charge is 2.17. The number of para-hydroxylation sites is 1. The zero-order valence-corrected chi connectivity index (χ0v) is 18.8. The van der Waals surface area contributed by atoms with E-state index in [2.05, 4.69) is 29.6 Å². The third-order valence-electron chi connectivity index (χ3n) is 5.32. The molecule has 1 atom stereocenters. The highest BCUT2D eigenvalue weighted by atomic mass is 35.5. The number of carbonyl (C=O) groups excluding carboxylic acids is 1. The number of aromatic nitrogens is 4. The van der Waals surface area contributed by atoms with E-state index in [0.29, 0.717) is 29.5 Å². The summed E-state index contributed by atoms with van der Waals surface area (Å²) in [4.78, 5) is 21.9. The first-order valence-corrected chi connectivity index (χ1v) is 11.0. The van der Waals surface area contributed by atoms with Gasteiger partial charge in [-0.2, -0.15) is 5.10 Å². The molecule has 0 spiro atoms. The van der Waals surface area contributed by atoms with Gasteiger partial charge in [0.25, 0.3) is 5.91 Å². The summed E-state index contributed by atoms with van der Waals surface area (Å²) in [5, 5.41) is 12.0. The zero-order chi connectivity index (χ0) is 22.5. The summed E-state index contributed by atoms with van der Waals surface area (Å²) < 4.78 is 1.83. The lowest BCUT2D eigenvalue weighted by Crippen LogP contribution is -2.29. The molecule has 0 fully saturated rings. The van der Waals surface area contributed by atoms with Crippen molar-refractivity contribution >= 4 is 34.4 Å². The van der Waals surface area contributed by atoms with Crippen LogP contribution in [0.5, 0.6) is 0 Å². The molecule has 0 aliphatic heterocycles. The predicted octanol–water partition coefficient (Wildman–Crippen LogP) is 4.82. The third kappa shape index (κ3) is 4.57. The molecule has 2 N–H and O–H groups in total. The molecular weight excluding hydrogens is 424 g/mol. The van der Waals surface area contributed by atoms with Crippen molar-refractivity contribution in [3.05, 3.63) is 77.2 Å². The van der Waals surface area contributed by atoms with Crippen LogP contribution in [0, 0.1) is 0 Å². The van der Waals surface area contributed by atoms with Gasteiger partial charge in [0.05, 0.1) is 27.9 Å². The lowest BCUT2D eigenvalue weighted by atomic mass is 10.1. The molecule has 2 aromatic carbocycles. The van der Waals surface area contributed by atoms with Gasteiger partial charge in [0.15, 0.2) is 5.65 Å². The Kier molecular flexibility index (Phi) is 6.66. The second kappa shape index (κ2) is 9.78. The van der Waals surface area contributed by atoms with E-state index >= 15 is 0 Å². The van der Waals surface area contributed by atoms with Gasteiger partial charge in [-0.25, -0.2) is 14.6 Å². The van der Waals surface area contributed by atoms with Gasteiger partial charge in [0.2, 0.25) is 0 Å². The largest absolute Gasteiger partial charge is 0.368 e. The van der Waals surface area contributed by atoms with Gasteiger partial charge in [-0.15, -0.1) is 0 Å². The van der Waals surface area contributed by atoms with Gasteiger partial charge in [-0.3, -0.25) is 4.79 Å². The van der Waals surface area contributed by atoms with Crippen LogP contribution in [-0.4, -0.2) is 38.7 Å². The maximum Gasteiger partial charge on any atom is 0.252 e. The summed E-state index contributed by atoms with van der Waals surface area (Å²) in [5.41, 5.74) is 2.15. The van der Waals surface area contributed by atoms with E-state index in [1.807, 2.05) is 35.0 Å².